The highest BCUT2D eigenvalue weighted by atomic mass is 32.2. The summed E-state index contributed by atoms with van der Waals surface area (Å²) in [5.41, 5.74) is 4.04. The van der Waals surface area contributed by atoms with Crippen LogP contribution in [0.1, 0.15) is 50.4 Å². The number of nitrogens with zero attached hydrogens (tertiary/aromatic N) is 2. The summed E-state index contributed by atoms with van der Waals surface area (Å²) in [6.45, 7) is 8.01. The van der Waals surface area contributed by atoms with Crippen LogP contribution in [0.15, 0.2) is 34.3 Å². The van der Waals surface area contributed by atoms with E-state index < -0.39 is 15.9 Å². The van der Waals surface area contributed by atoms with Gasteiger partial charge in [-0.2, -0.15) is 9.41 Å². The van der Waals surface area contributed by atoms with E-state index in [0.717, 1.165) is 25.0 Å². The van der Waals surface area contributed by atoms with Crippen molar-refractivity contribution in [1.29, 1.82) is 0 Å². The van der Waals surface area contributed by atoms with Gasteiger partial charge in [-0.25, -0.2) is 13.8 Å². The quantitative estimate of drug-likeness (QED) is 0.777. The van der Waals surface area contributed by atoms with Crippen LogP contribution in [0.25, 0.3) is 0 Å². The maximum atomic E-state index is 12.8. The van der Waals surface area contributed by atoms with Crippen LogP contribution < -0.4 is 5.43 Å². The van der Waals surface area contributed by atoms with Gasteiger partial charge in [-0.15, -0.1) is 0 Å². The molecule has 0 spiro atoms. The molecule has 0 radical (unpaired) electrons. The van der Waals surface area contributed by atoms with Gasteiger partial charge in [0.1, 0.15) is 0 Å². The number of hydrogen-bond donors (Lipinski definition) is 1. The summed E-state index contributed by atoms with van der Waals surface area (Å²) in [4.78, 5) is 12.7. The average molecular weight is 408 g/mol. The number of amides is 1. The molecule has 2 aliphatic rings. The minimum absolute atomic E-state index is 0.113. The minimum Gasteiger partial charge on any atom is -0.379 e. The van der Waals surface area contributed by atoms with E-state index in [1.807, 2.05) is 0 Å². The maximum absolute atomic E-state index is 12.8. The van der Waals surface area contributed by atoms with E-state index in [0.29, 0.717) is 32.2 Å². The van der Waals surface area contributed by atoms with Crippen molar-refractivity contribution in [2.75, 3.05) is 26.3 Å². The molecule has 1 aromatic rings. The van der Waals surface area contributed by atoms with Gasteiger partial charge in [-0.05, 0) is 48.8 Å². The van der Waals surface area contributed by atoms with Crippen molar-refractivity contribution < 1.29 is 17.9 Å². The normalized spacial score (nSPS) is 24.8. The Hall–Kier alpha value is -1.77. The second-order valence-electron chi connectivity index (χ2n) is 8.52. The fraction of sp³-hybridized carbons (Fsp3) is 0.600. The standard InChI is InChI=1S/C20H29N3O4S/c1-15-11-17(14-20(2,3)13-15)21-22-19(24)16-5-4-6-18(12-16)28(25,26)23-7-9-27-10-8-23/h4-6,12,15H,7-11,13-14H2,1-3H3,(H,22,24)/b21-17+. The molecule has 1 atom stereocenters. The molecule has 2 fully saturated rings. The van der Waals surface area contributed by atoms with E-state index in [1.54, 1.807) is 12.1 Å². The Kier molecular flexibility index (Phi) is 6.21. The predicted octanol–water partition coefficient (Wildman–Crippen LogP) is 2.64. The SMILES string of the molecule is CC1C/C(=N\NC(=O)c2cccc(S(=O)(=O)N3CCOCC3)c2)CC(C)(C)C1. The predicted molar refractivity (Wildman–Crippen MR) is 108 cm³/mol. The molecular formula is C20H29N3O4S. The first-order valence-electron chi connectivity index (χ1n) is 9.71. The number of hydrazone groups is 1. The highest BCUT2D eigenvalue weighted by molar-refractivity contribution is 7.89. The Morgan fingerprint density at radius 1 is 1.29 bits per heavy atom. The summed E-state index contributed by atoms with van der Waals surface area (Å²) < 4.78 is 32.2. The third kappa shape index (κ3) is 4.98. The number of ether oxygens (including phenoxy) is 1. The van der Waals surface area contributed by atoms with E-state index in [-0.39, 0.29) is 15.9 Å². The number of rotatable bonds is 4. The van der Waals surface area contributed by atoms with Gasteiger partial charge >= 0.3 is 0 Å². The van der Waals surface area contributed by atoms with Crippen LogP contribution in [0.3, 0.4) is 0 Å². The summed E-state index contributed by atoms with van der Waals surface area (Å²) in [5, 5.41) is 4.33. The van der Waals surface area contributed by atoms with Crippen molar-refractivity contribution in [2.24, 2.45) is 16.4 Å². The molecule has 1 saturated heterocycles. The monoisotopic (exact) mass is 407 g/mol. The van der Waals surface area contributed by atoms with Gasteiger partial charge in [-0.3, -0.25) is 4.79 Å². The highest BCUT2D eigenvalue weighted by Crippen LogP contribution is 2.36. The highest BCUT2D eigenvalue weighted by Gasteiger charge is 2.30. The Labute approximate surface area is 167 Å². The smallest absolute Gasteiger partial charge is 0.271 e. The lowest BCUT2D eigenvalue weighted by molar-refractivity contribution is 0.0730. The molecule has 0 bridgehead atoms. The summed E-state index contributed by atoms with van der Waals surface area (Å²) >= 11 is 0. The van der Waals surface area contributed by atoms with Crippen LogP contribution in [-0.2, 0) is 14.8 Å². The van der Waals surface area contributed by atoms with E-state index in [1.165, 1.54) is 16.4 Å². The van der Waals surface area contributed by atoms with Crippen molar-refractivity contribution >= 4 is 21.6 Å². The fourth-order valence-corrected chi connectivity index (χ4v) is 5.58. The number of nitrogens with one attached hydrogen (secondary N) is 1. The Morgan fingerprint density at radius 3 is 2.68 bits per heavy atom. The first-order chi connectivity index (χ1) is 13.2. The van der Waals surface area contributed by atoms with Gasteiger partial charge in [0.15, 0.2) is 0 Å². The van der Waals surface area contributed by atoms with Crippen molar-refractivity contribution in [3.05, 3.63) is 29.8 Å². The molecule has 1 N–H and O–H groups in total. The zero-order chi connectivity index (χ0) is 20.4. The summed E-state index contributed by atoms with van der Waals surface area (Å²) in [7, 11) is -3.64. The number of sulfonamides is 1. The number of carbonyl (C=O) groups is 1. The third-order valence-electron chi connectivity index (χ3n) is 5.19. The van der Waals surface area contributed by atoms with Gasteiger partial charge in [0, 0.05) is 24.4 Å². The van der Waals surface area contributed by atoms with Gasteiger partial charge in [0.25, 0.3) is 5.91 Å². The summed E-state index contributed by atoms with van der Waals surface area (Å²) in [6, 6.07) is 6.11. The zero-order valence-corrected chi connectivity index (χ0v) is 17.6. The van der Waals surface area contributed by atoms with Gasteiger partial charge in [-0.1, -0.05) is 26.8 Å². The largest absolute Gasteiger partial charge is 0.379 e. The number of morpholine rings is 1. The molecule has 154 valence electrons. The van der Waals surface area contributed by atoms with Crippen molar-refractivity contribution in [3.63, 3.8) is 0 Å². The first-order valence-corrected chi connectivity index (χ1v) is 11.2. The first kappa shape index (κ1) is 21.0. The second-order valence-corrected chi connectivity index (χ2v) is 10.5. The summed E-state index contributed by atoms with van der Waals surface area (Å²) in [6.07, 6.45) is 2.86. The Bertz CT molecular complexity index is 858. The van der Waals surface area contributed by atoms with Crippen molar-refractivity contribution in [2.45, 2.75) is 44.9 Å². The van der Waals surface area contributed by atoms with Crippen LogP contribution in [0.5, 0.6) is 0 Å². The maximum Gasteiger partial charge on any atom is 0.271 e. The number of carbonyl (C=O) groups excluding carboxylic acids is 1. The molecule has 28 heavy (non-hydrogen) atoms. The lowest BCUT2D eigenvalue weighted by Crippen LogP contribution is -2.40. The lowest BCUT2D eigenvalue weighted by atomic mass is 9.72. The second kappa shape index (κ2) is 8.31. The molecule has 1 heterocycles. The molecule has 3 rings (SSSR count). The van der Waals surface area contributed by atoms with Gasteiger partial charge in [0.2, 0.25) is 10.0 Å². The van der Waals surface area contributed by atoms with Crippen LogP contribution in [0.4, 0.5) is 0 Å². The Balaban J connectivity index is 1.73. The molecule has 1 aromatic carbocycles. The summed E-state index contributed by atoms with van der Waals surface area (Å²) in [5.74, 6) is 0.129. The van der Waals surface area contributed by atoms with E-state index in [2.05, 4.69) is 31.3 Å². The number of hydrogen-bond acceptors (Lipinski definition) is 5. The van der Waals surface area contributed by atoms with Crippen LogP contribution >= 0.6 is 0 Å². The van der Waals surface area contributed by atoms with Crippen LogP contribution in [-0.4, -0.2) is 50.6 Å². The minimum atomic E-state index is -3.64. The number of benzene rings is 1. The molecule has 0 aromatic heterocycles. The fourth-order valence-electron chi connectivity index (χ4n) is 4.13. The molecule has 7 nitrogen and oxygen atoms in total. The van der Waals surface area contributed by atoms with Gasteiger partial charge in [0.05, 0.1) is 18.1 Å². The molecule has 1 unspecified atom stereocenters. The molecule has 1 saturated carbocycles. The van der Waals surface area contributed by atoms with E-state index >= 15 is 0 Å². The molecule has 1 aliphatic carbocycles. The lowest BCUT2D eigenvalue weighted by Gasteiger charge is -2.34. The Morgan fingerprint density at radius 2 is 2.00 bits per heavy atom. The zero-order valence-electron chi connectivity index (χ0n) is 16.8. The van der Waals surface area contributed by atoms with Crippen LogP contribution in [0.2, 0.25) is 0 Å². The molecule has 8 heteroatoms. The third-order valence-corrected chi connectivity index (χ3v) is 7.08. The van der Waals surface area contributed by atoms with Crippen LogP contribution in [0, 0.1) is 11.3 Å². The van der Waals surface area contributed by atoms with Crippen molar-refractivity contribution in [3.8, 4) is 0 Å². The van der Waals surface area contributed by atoms with Crippen molar-refractivity contribution in [1.82, 2.24) is 9.73 Å². The average Bonchev–Trinajstić information content (AvgIpc) is 2.65. The van der Waals surface area contributed by atoms with Gasteiger partial charge < -0.3 is 4.74 Å². The van der Waals surface area contributed by atoms with E-state index in [4.69, 9.17) is 4.74 Å². The van der Waals surface area contributed by atoms with E-state index in [9.17, 15) is 13.2 Å². The topological polar surface area (TPSA) is 88.1 Å². The molecule has 1 amide bonds. The molecule has 1 aliphatic heterocycles. The molecular weight excluding hydrogens is 378 g/mol.